The molecule has 1 aromatic heterocycles. The number of nitrogens with zero attached hydrogens (tertiary/aromatic N) is 7. The van der Waals surface area contributed by atoms with E-state index in [2.05, 4.69) is 31.7 Å². The molecular weight excluding hydrogens is 464 g/mol. The minimum atomic E-state index is -0.772. The van der Waals surface area contributed by atoms with Crippen LogP contribution >= 0.6 is 11.8 Å². The van der Waals surface area contributed by atoms with Gasteiger partial charge in [0.15, 0.2) is 0 Å². The van der Waals surface area contributed by atoms with Gasteiger partial charge in [0.1, 0.15) is 12.1 Å². The van der Waals surface area contributed by atoms with Gasteiger partial charge in [-0.05, 0) is 35.8 Å². The molecule has 0 unspecified atom stereocenters. The molecule has 3 aromatic rings. The molecule has 1 atom stereocenters. The largest absolute Gasteiger partial charge is 0.370 e. The number of nitriles is 1. The maximum absolute atomic E-state index is 13.2. The van der Waals surface area contributed by atoms with Gasteiger partial charge in [-0.25, -0.2) is 0 Å². The quantitative estimate of drug-likeness (QED) is 0.580. The lowest BCUT2D eigenvalue weighted by Gasteiger charge is -2.24. The Hall–Kier alpha value is -3.91. The number of likely N-dealkylation sites (N-methyl/N-ethyl adjacent to an activating group) is 1. The molecule has 2 aliphatic heterocycles. The first-order chi connectivity index (χ1) is 17.0. The third-order valence-electron chi connectivity index (χ3n) is 6.17. The maximum atomic E-state index is 13.2. The molecule has 1 N–H and O–H groups in total. The molecule has 1 saturated heterocycles. The van der Waals surface area contributed by atoms with Crippen molar-refractivity contribution in [1.29, 1.82) is 5.26 Å². The summed E-state index contributed by atoms with van der Waals surface area (Å²) in [6.07, 6.45) is 2.21. The number of amides is 2. The van der Waals surface area contributed by atoms with Gasteiger partial charge in [-0.15, -0.1) is 22.0 Å². The highest BCUT2D eigenvalue weighted by molar-refractivity contribution is 7.99. The Labute approximate surface area is 206 Å². The monoisotopic (exact) mass is 488 g/mol. The van der Waals surface area contributed by atoms with E-state index in [-0.39, 0.29) is 11.7 Å². The summed E-state index contributed by atoms with van der Waals surface area (Å²) in [5, 5.41) is 24.5. The summed E-state index contributed by atoms with van der Waals surface area (Å²) in [6.45, 7) is 2.23. The molecule has 35 heavy (non-hydrogen) atoms. The molecule has 3 heterocycles. The first-order valence-corrected chi connectivity index (χ1v) is 12.4. The summed E-state index contributed by atoms with van der Waals surface area (Å²) in [4.78, 5) is 32.0. The molecule has 0 spiro atoms. The number of carbonyl (C=O) groups is 2. The van der Waals surface area contributed by atoms with Crippen LogP contribution in [-0.2, 0) is 11.3 Å². The topological polar surface area (TPSA) is 120 Å². The number of anilines is 2. The highest BCUT2D eigenvalue weighted by Crippen LogP contribution is 2.39. The number of fused-ring (bicyclic) bond motifs is 1. The first kappa shape index (κ1) is 22.9. The number of tetrazole rings is 1. The molecule has 2 aromatic carbocycles. The van der Waals surface area contributed by atoms with Crippen molar-refractivity contribution < 1.29 is 9.59 Å². The average molecular weight is 489 g/mol. The lowest BCUT2D eigenvalue weighted by molar-refractivity contribution is -0.119. The van der Waals surface area contributed by atoms with Gasteiger partial charge in [0.05, 0.1) is 23.5 Å². The summed E-state index contributed by atoms with van der Waals surface area (Å²) in [5.74, 6) is -0.561. The molecule has 2 amide bonds. The third kappa shape index (κ3) is 4.70. The first-order valence-electron chi connectivity index (χ1n) is 11.4. The average Bonchev–Trinajstić information content (AvgIpc) is 3.56. The predicted octanol–water partition coefficient (Wildman–Crippen LogP) is 2.06. The summed E-state index contributed by atoms with van der Waals surface area (Å²) in [6, 6.07) is 14.9. The Morgan fingerprint density at radius 2 is 1.97 bits per heavy atom. The van der Waals surface area contributed by atoms with Crippen molar-refractivity contribution in [1.82, 2.24) is 25.5 Å². The highest BCUT2D eigenvalue weighted by atomic mass is 32.2. The number of carbonyl (C=O) groups excluding carboxylic acids is 2. The second-order valence-corrected chi connectivity index (χ2v) is 9.57. The molecule has 2 aliphatic rings. The number of benzene rings is 2. The van der Waals surface area contributed by atoms with Crippen LogP contribution in [0.5, 0.6) is 0 Å². The Bertz CT molecular complexity index is 1300. The molecule has 178 valence electrons. The summed E-state index contributed by atoms with van der Waals surface area (Å²) < 4.78 is 0. The standard InChI is InChI=1S/C24H24N8O2S/c1-30-20-11-17(13-25)19(31-9-5-6-10-31)12-21(20)35-15-18(24(30)34)26-23(33)22-27-29-32(28-22)14-16-7-3-2-4-8-16/h2-4,7-8,11-12,18H,5-6,9-10,14-15H2,1H3,(H,26,33)/t18-/m0/s1. The van der Waals surface area contributed by atoms with Crippen LogP contribution in [0.4, 0.5) is 11.4 Å². The second kappa shape index (κ2) is 9.76. The zero-order chi connectivity index (χ0) is 24.4. The van der Waals surface area contributed by atoms with Crippen molar-refractivity contribution in [2.75, 3.05) is 35.7 Å². The summed E-state index contributed by atoms with van der Waals surface area (Å²) >= 11 is 1.49. The zero-order valence-electron chi connectivity index (χ0n) is 19.2. The van der Waals surface area contributed by atoms with E-state index < -0.39 is 11.9 Å². The van der Waals surface area contributed by atoms with Gasteiger partial charge in [-0.3, -0.25) is 9.59 Å². The van der Waals surface area contributed by atoms with Gasteiger partial charge >= 0.3 is 0 Å². The predicted molar refractivity (Wildman–Crippen MR) is 131 cm³/mol. The number of rotatable bonds is 5. The molecule has 11 heteroatoms. The zero-order valence-corrected chi connectivity index (χ0v) is 20.0. The number of hydrogen-bond donors (Lipinski definition) is 1. The molecule has 0 aliphatic carbocycles. The van der Waals surface area contributed by atoms with E-state index >= 15 is 0 Å². The minimum Gasteiger partial charge on any atom is -0.370 e. The molecule has 0 saturated carbocycles. The van der Waals surface area contributed by atoms with Crippen LogP contribution in [-0.4, -0.2) is 64.0 Å². The van der Waals surface area contributed by atoms with Crippen LogP contribution in [0.15, 0.2) is 47.4 Å². The van der Waals surface area contributed by atoms with Gasteiger partial charge in [0, 0.05) is 30.8 Å². The molecule has 10 nitrogen and oxygen atoms in total. The van der Waals surface area contributed by atoms with E-state index in [9.17, 15) is 14.9 Å². The summed E-state index contributed by atoms with van der Waals surface area (Å²) in [5.41, 5.74) is 3.10. The fourth-order valence-electron chi connectivity index (χ4n) is 4.32. The van der Waals surface area contributed by atoms with Gasteiger partial charge in [-0.2, -0.15) is 10.1 Å². The second-order valence-electron chi connectivity index (χ2n) is 8.51. The highest BCUT2D eigenvalue weighted by Gasteiger charge is 2.32. The van der Waals surface area contributed by atoms with Gasteiger partial charge in [0.25, 0.3) is 11.7 Å². The summed E-state index contributed by atoms with van der Waals surface area (Å²) in [7, 11) is 1.66. The molecular formula is C24H24N8O2S. The van der Waals surface area contributed by atoms with Crippen molar-refractivity contribution >= 4 is 35.0 Å². The number of hydrogen-bond acceptors (Lipinski definition) is 8. The third-order valence-corrected chi connectivity index (χ3v) is 7.31. The number of nitrogens with one attached hydrogen (secondary N) is 1. The van der Waals surface area contributed by atoms with E-state index in [1.807, 2.05) is 36.4 Å². The Kier molecular flexibility index (Phi) is 6.37. The van der Waals surface area contributed by atoms with Crippen LogP contribution in [0.3, 0.4) is 0 Å². The van der Waals surface area contributed by atoms with Crippen LogP contribution in [0, 0.1) is 11.3 Å². The van der Waals surface area contributed by atoms with Crippen LogP contribution in [0.2, 0.25) is 0 Å². The molecule has 0 radical (unpaired) electrons. The van der Waals surface area contributed by atoms with Gasteiger partial charge in [0.2, 0.25) is 5.91 Å². The lowest BCUT2D eigenvalue weighted by atomic mass is 10.1. The Morgan fingerprint density at radius 1 is 1.20 bits per heavy atom. The van der Waals surface area contributed by atoms with Crippen molar-refractivity contribution in [3.63, 3.8) is 0 Å². The fourth-order valence-corrected chi connectivity index (χ4v) is 5.43. The Balaban J connectivity index is 1.31. The Morgan fingerprint density at radius 3 is 2.71 bits per heavy atom. The minimum absolute atomic E-state index is 0.0915. The van der Waals surface area contributed by atoms with E-state index in [0.717, 1.165) is 42.1 Å². The van der Waals surface area contributed by atoms with Crippen molar-refractivity contribution in [3.8, 4) is 6.07 Å². The van der Waals surface area contributed by atoms with Gasteiger partial charge in [-0.1, -0.05) is 30.3 Å². The van der Waals surface area contributed by atoms with Crippen molar-refractivity contribution in [3.05, 3.63) is 59.4 Å². The van der Waals surface area contributed by atoms with Crippen LogP contribution in [0.1, 0.15) is 34.6 Å². The number of thioether (sulfide) groups is 1. The smallest absolute Gasteiger partial charge is 0.293 e. The van der Waals surface area contributed by atoms with Gasteiger partial charge < -0.3 is 15.1 Å². The maximum Gasteiger partial charge on any atom is 0.293 e. The number of aromatic nitrogens is 4. The SMILES string of the molecule is CN1C(=O)[C@@H](NC(=O)c2nnn(Cc3ccccc3)n2)CSc2cc(N3CCCC3)c(C#N)cc21. The molecule has 1 fully saturated rings. The lowest BCUT2D eigenvalue weighted by Crippen LogP contribution is -2.48. The van der Waals surface area contributed by atoms with E-state index in [4.69, 9.17) is 0 Å². The van der Waals surface area contributed by atoms with E-state index in [1.54, 1.807) is 13.1 Å². The van der Waals surface area contributed by atoms with Crippen LogP contribution < -0.4 is 15.1 Å². The van der Waals surface area contributed by atoms with E-state index in [1.165, 1.54) is 21.5 Å². The normalized spacial score (nSPS) is 17.6. The molecule has 0 bridgehead atoms. The molecule has 5 rings (SSSR count). The van der Waals surface area contributed by atoms with Crippen molar-refractivity contribution in [2.24, 2.45) is 0 Å². The fraction of sp³-hybridized carbons (Fsp3) is 0.333. The van der Waals surface area contributed by atoms with Crippen LogP contribution in [0.25, 0.3) is 0 Å². The van der Waals surface area contributed by atoms with E-state index in [0.29, 0.717) is 23.5 Å². The van der Waals surface area contributed by atoms with Crippen molar-refractivity contribution in [2.45, 2.75) is 30.3 Å².